The van der Waals surface area contributed by atoms with Crippen LogP contribution >= 0.6 is 0 Å². The second kappa shape index (κ2) is 6.88. The Hall–Kier alpha value is -1.72. The minimum absolute atomic E-state index is 0.00269. The van der Waals surface area contributed by atoms with E-state index in [0.29, 0.717) is 18.4 Å². The molecule has 0 heterocycles. The first-order chi connectivity index (χ1) is 8.54. The molecule has 0 saturated carbocycles. The topological polar surface area (TPSA) is 101 Å². The summed E-state index contributed by atoms with van der Waals surface area (Å²) in [5.41, 5.74) is 6.76. The number of aliphatic hydroxyl groups excluding tert-OH is 1. The van der Waals surface area contributed by atoms with Gasteiger partial charge in [0.2, 0.25) is 0 Å². The Labute approximate surface area is 105 Å². The van der Waals surface area contributed by atoms with Crippen molar-refractivity contribution < 1.29 is 19.8 Å². The van der Waals surface area contributed by atoms with Gasteiger partial charge in [-0.25, -0.2) is 0 Å². The molecule has 0 aromatic heterocycles. The number of Topliss-reactive ketones (excluding diaryl/α,β-unsaturated/α-hetero) is 1. The minimum Gasteiger partial charge on any atom is -0.480 e. The van der Waals surface area contributed by atoms with Gasteiger partial charge in [0.25, 0.3) is 0 Å². The fourth-order valence-corrected chi connectivity index (χ4v) is 1.55. The molecule has 4 N–H and O–H groups in total. The molecule has 0 saturated heterocycles. The molecule has 0 amide bonds. The molecule has 0 bridgehead atoms. The number of carboxylic acid groups (broad SMARTS) is 1. The van der Waals surface area contributed by atoms with Crippen LogP contribution in [-0.4, -0.2) is 34.6 Å². The molecule has 5 heteroatoms. The van der Waals surface area contributed by atoms with Gasteiger partial charge < -0.3 is 15.9 Å². The third-order valence-electron chi connectivity index (χ3n) is 2.61. The van der Waals surface area contributed by atoms with Crippen molar-refractivity contribution in [1.29, 1.82) is 0 Å². The van der Waals surface area contributed by atoms with Gasteiger partial charge in [0.15, 0.2) is 5.78 Å². The van der Waals surface area contributed by atoms with Gasteiger partial charge >= 0.3 is 5.97 Å². The monoisotopic (exact) mass is 251 g/mol. The highest BCUT2D eigenvalue weighted by atomic mass is 16.4. The van der Waals surface area contributed by atoms with E-state index in [1.165, 1.54) is 0 Å². The van der Waals surface area contributed by atoms with Gasteiger partial charge in [0, 0.05) is 18.6 Å². The second-order valence-electron chi connectivity index (χ2n) is 4.10. The van der Waals surface area contributed by atoms with E-state index < -0.39 is 12.0 Å². The molecule has 1 aromatic rings. The fraction of sp³-hybridized carbons (Fsp3) is 0.385. The molecule has 0 fully saturated rings. The highest BCUT2D eigenvalue weighted by Crippen LogP contribution is 2.09. The maximum absolute atomic E-state index is 11.6. The molecule has 0 radical (unpaired) electrons. The molecule has 1 rings (SSSR count). The Balaban J connectivity index is 2.62. The van der Waals surface area contributed by atoms with Crippen LogP contribution in [0.4, 0.5) is 0 Å². The summed E-state index contributed by atoms with van der Waals surface area (Å²) in [6.45, 7) is -0.00269. The summed E-state index contributed by atoms with van der Waals surface area (Å²) in [5.74, 6) is -1.07. The van der Waals surface area contributed by atoms with Gasteiger partial charge in [-0.15, -0.1) is 0 Å². The Morgan fingerprint density at radius 3 is 2.33 bits per heavy atom. The van der Waals surface area contributed by atoms with Crippen LogP contribution in [0.5, 0.6) is 0 Å². The SMILES string of the molecule is N[C@@H](Cc1ccc(C(=O)CCCO)cc1)C(=O)O. The fourth-order valence-electron chi connectivity index (χ4n) is 1.55. The van der Waals surface area contributed by atoms with E-state index in [4.69, 9.17) is 15.9 Å². The van der Waals surface area contributed by atoms with E-state index in [0.717, 1.165) is 5.56 Å². The van der Waals surface area contributed by atoms with Crippen LogP contribution in [0.3, 0.4) is 0 Å². The summed E-state index contributed by atoms with van der Waals surface area (Å²) in [7, 11) is 0. The molecule has 5 nitrogen and oxygen atoms in total. The van der Waals surface area contributed by atoms with Crippen molar-refractivity contribution in [3.8, 4) is 0 Å². The van der Waals surface area contributed by atoms with E-state index in [9.17, 15) is 9.59 Å². The van der Waals surface area contributed by atoms with Gasteiger partial charge in [-0.3, -0.25) is 9.59 Å². The smallest absolute Gasteiger partial charge is 0.320 e. The number of benzene rings is 1. The number of nitrogens with two attached hydrogens (primary N) is 1. The number of rotatable bonds is 7. The van der Waals surface area contributed by atoms with E-state index >= 15 is 0 Å². The molecule has 0 unspecified atom stereocenters. The summed E-state index contributed by atoms with van der Waals surface area (Å²) < 4.78 is 0. The quantitative estimate of drug-likeness (QED) is 0.616. The first-order valence-corrected chi connectivity index (χ1v) is 5.76. The molecule has 18 heavy (non-hydrogen) atoms. The Kier molecular flexibility index (Phi) is 5.48. The Bertz CT molecular complexity index is 414. The molecule has 0 aliphatic heterocycles. The zero-order valence-corrected chi connectivity index (χ0v) is 10.0. The van der Waals surface area contributed by atoms with E-state index in [1.807, 2.05) is 0 Å². The average molecular weight is 251 g/mol. The van der Waals surface area contributed by atoms with Crippen molar-refractivity contribution in [2.75, 3.05) is 6.61 Å². The maximum atomic E-state index is 11.6. The first-order valence-electron chi connectivity index (χ1n) is 5.76. The predicted molar refractivity (Wildman–Crippen MR) is 66.4 cm³/mol. The molecule has 0 aliphatic rings. The standard InChI is InChI=1S/C13H17NO4/c14-11(13(17)18)8-9-3-5-10(6-4-9)12(16)2-1-7-15/h3-6,11,15H,1-2,7-8,14H2,(H,17,18)/t11-/m0/s1. The zero-order chi connectivity index (χ0) is 13.5. The average Bonchev–Trinajstić information content (AvgIpc) is 2.36. The molecule has 1 atom stereocenters. The lowest BCUT2D eigenvalue weighted by Crippen LogP contribution is -2.32. The van der Waals surface area contributed by atoms with Gasteiger partial charge in [0.1, 0.15) is 6.04 Å². The van der Waals surface area contributed by atoms with Crippen LogP contribution in [0.25, 0.3) is 0 Å². The van der Waals surface area contributed by atoms with Crippen molar-refractivity contribution in [2.45, 2.75) is 25.3 Å². The largest absolute Gasteiger partial charge is 0.480 e. The highest BCUT2D eigenvalue weighted by Gasteiger charge is 2.12. The van der Waals surface area contributed by atoms with Crippen molar-refractivity contribution in [3.63, 3.8) is 0 Å². The van der Waals surface area contributed by atoms with E-state index in [-0.39, 0.29) is 18.8 Å². The number of aliphatic hydroxyl groups is 1. The van der Waals surface area contributed by atoms with Crippen molar-refractivity contribution in [2.24, 2.45) is 5.73 Å². The molecule has 98 valence electrons. The number of ketones is 1. The van der Waals surface area contributed by atoms with E-state index in [1.54, 1.807) is 24.3 Å². The van der Waals surface area contributed by atoms with E-state index in [2.05, 4.69) is 0 Å². The highest BCUT2D eigenvalue weighted by molar-refractivity contribution is 5.96. The Morgan fingerprint density at radius 2 is 1.83 bits per heavy atom. The summed E-state index contributed by atoms with van der Waals surface area (Å²) in [6, 6.07) is 5.79. The van der Waals surface area contributed by atoms with Crippen LogP contribution in [0.1, 0.15) is 28.8 Å². The summed E-state index contributed by atoms with van der Waals surface area (Å²) in [4.78, 5) is 22.2. The molecule has 0 aliphatic carbocycles. The van der Waals surface area contributed by atoms with Gasteiger partial charge in [0.05, 0.1) is 0 Å². The number of carboxylic acids is 1. The number of hydrogen-bond acceptors (Lipinski definition) is 4. The molecular weight excluding hydrogens is 234 g/mol. The predicted octanol–water partition coefficient (Wildman–Crippen LogP) is 0.596. The number of carbonyl (C=O) groups excluding carboxylic acids is 1. The lowest BCUT2D eigenvalue weighted by Gasteiger charge is -2.07. The molecular formula is C13H17NO4. The number of hydrogen-bond donors (Lipinski definition) is 3. The zero-order valence-electron chi connectivity index (χ0n) is 10.0. The van der Waals surface area contributed by atoms with Crippen LogP contribution < -0.4 is 5.73 Å². The van der Waals surface area contributed by atoms with Crippen molar-refractivity contribution in [1.82, 2.24) is 0 Å². The van der Waals surface area contributed by atoms with Gasteiger partial charge in [-0.2, -0.15) is 0 Å². The first kappa shape index (κ1) is 14.3. The minimum atomic E-state index is -1.04. The lowest BCUT2D eigenvalue weighted by molar-refractivity contribution is -0.138. The van der Waals surface area contributed by atoms with Crippen LogP contribution in [0, 0.1) is 0 Å². The summed E-state index contributed by atoms with van der Waals surface area (Å²) >= 11 is 0. The lowest BCUT2D eigenvalue weighted by atomic mass is 10.0. The molecule has 0 spiro atoms. The molecule has 1 aromatic carbocycles. The van der Waals surface area contributed by atoms with Gasteiger partial charge in [-0.05, 0) is 18.4 Å². The van der Waals surface area contributed by atoms with Crippen LogP contribution in [0.2, 0.25) is 0 Å². The normalized spacial score (nSPS) is 12.1. The van der Waals surface area contributed by atoms with Crippen LogP contribution in [0.15, 0.2) is 24.3 Å². The van der Waals surface area contributed by atoms with Crippen molar-refractivity contribution >= 4 is 11.8 Å². The maximum Gasteiger partial charge on any atom is 0.320 e. The Morgan fingerprint density at radius 1 is 1.22 bits per heavy atom. The number of carbonyl (C=O) groups is 2. The summed E-state index contributed by atoms with van der Waals surface area (Å²) in [6.07, 6.45) is 0.995. The van der Waals surface area contributed by atoms with Crippen molar-refractivity contribution in [3.05, 3.63) is 35.4 Å². The third kappa shape index (κ3) is 4.27. The third-order valence-corrected chi connectivity index (χ3v) is 2.61. The second-order valence-corrected chi connectivity index (χ2v) is 4.10. The van der Waals surface area contributed by atoms with Gasteiger partial charge in [-0.1, -0.05) is 24.3 Å². The summed E-state index contributed by atoms with van der Waals surface area (Å²) in [5, 5.41) is 17.3. The van der Waals surface area contributed by atoms with Crippen LogP contribution in [-0.2, 0) is 11.2 Å². The number of aliphatic carboxylic acids is 1.